The smallest absolute Gasteiger partial charge is 0.272 e. The van der Waals surface area contributed by atoms with Crippen molar-refractivity contribution in [3.05, 3.63) is 93.9 Å². The molecule has 0 bridgehead atoms. The van der Waals surface area contributed by atoms with Gasteiger partial charge in [0.2, 0.25) is 0 Å². The monoisotopic (exact) mass is 501 g/mol. The molecule has 0 amide bonds. The molecule has 0 N–H and O–H groups in total. The van der Waals surface area contributed by atoms with Crippen molar-refractivity contribution in [2.24, 2.45) is 0 Å². The molecule has 0 saturated heterocycles. The van der Waals surface area contributed by atoms with Crippen LogP contribution in [0.4, 0.5) is 0 Å². The highest BCUT2D eigenvalue weighted by atomic mass is 32.2. The molecule has 0 unspecified atom stereocenters. The van der Waals surface area contributed by atoms with Crippen molar-refractivity contribution in [3.8, 4) is 5.75 Å². The third-order valence-electron chi connectivity index (χ3n) is 5.62. The molecule has 5 rings (SSSR count). The van der Waals surface area contributed by atoms with Gasteiger partial charge in [-0.05, 0) is 32.0 Å². The second-order valence-electron chi connectivity index (χ2n) is 8.04. The molecule has 0 aliphatic heterocycles. The number of para-hydroxylation sites is 1. The number of fused-ring (bicyclic) bond motifs is 3. The average molecular weight is 502 g/mol. The van der Waals surface area contributed by atoms with Crippen molar-refractivity contribution < 1.29 is 9.53 Å². The zero-order valence-electron chi connectivity index (χ0n) is 19.4. The van der Waals surface area contributed by atoms with Gasteiger partial charge < -0.3 is 4.74 Å². The van der Waals surface area contributed by atoms with Crippen LogP contribution >= 0.6 is 23.1 Å². The van der Waals surface area contributed by atoms with Crippen LogP contribution in [-0.2, 0) is 6.54 Å². The minimum Gasteiger partial charge on any atom is -0.494 e. The highest BCUT2D eigenvalue weighted by Gasteiger charge is 2.19. The van der Waals surface area contributed by atoms with E-state index in [9.17, 15) is 9.59 Å². The van der Waals surface area contributed by atoms with Gasteiger partial charge in [0.1, 0.15) is 15.3 Å². The fourth-order valence-corrected chi connectivity index (χ4v) is 5.76. The molecule has 176 valence electrons. The number of pyridine rings is 1. The summed E-state index contributed by atoms with van der Waals surface area (Å²) >= 11 is 2.62. The molecule has 2 aromatic carbocycles. The van der Waals surface area contributed by atoms with Crippen molar-refractivity contribution in [3.63, 3.8) is 0 Å². The van der Waals surface area contributed by atoms with Crippen LogP contribution in [0, 0.1) is 6.92 Å². The summed E-state index contributed by atoms with van der Waals surface area (Å²) in [7, 11) is 0. The summed E-state index contributed by atoms with van der Waals surface area (Å²) in [5, 5.41) is 1.34. The molecule has 0 spiro atoms. The lowest BCUT2D eigenvalue weighted by Gasteiger charge is -2.15. The van der Waals surface area contributed by atoms with Gasteiger partial charge in [-0.25, -0.2) is 9.97 Å². The zero-order valence-corrected chi connectivity index (χ0v) is 21.0. The molecule has 0 saturated carbocycles. The van der Waals surface area contributed by atoms with Crippen molar-refractivity contribution in [1.82, 2.24) is 14.5 Å². The topological polar surface area (TPSA) is 74.1 Å². The lowest BCUT2D eigenvalue weighted by atomic mass is 10.1. The summed E-state index contributed by atoms with van der Waals surface area (Å²) in [6, 6.07) is 18.9. The predicted octanol–water partition coefficient (Wildman–Crippen LogP) is 5.74. The van der Waals surface area contributed by atoms with E-state index in [2.05, 4.69) is 4.98 Å². The Morgan fingerprint density at radius 2 is 1.89 bits per heavy atom. The zero-order chi connectivity index (χ0) is 24.4. The molecular weight excluding hydrogens is 478 g/mol. The van der Waals surface area contributed by atoms with Gasteiger partial charge in [0.15, 0.2) is 10.9 Å². The summed E-state index contributed by atoms with van der Waals surface area (Å²) in [6.45, 7) is 4.73. The molecule has 3 aromatic heterocycles. The first kappa shape index (κ1) is 23.3. The third-order valence-corrected chi connectivity index (χ3v) is 7.69. The quantitative estimate of drug-likeness (QED) is 0.153. The largest absolute Gasteiger partial charge is 0.494 e. The summed E-state index contributed by atoms with van der Waals surface area (Å²) in [4.78, 5) is 36.7. The van der Waals surface area contributed by atoms with Gasteiger partial charge in [0.05, 0.1) is 24.4 Å². The molecule has 0 fully saturated rings. The van der Waals surface area contributed by atoms with E-state index < -0.39 is 0 Å². The third kappa shape index (κ3) is 4.72. The van der Waals surface area contributed by atoms with Gasteiger partial charge in [-0.15, -0.1) is 11.3 Å². The molecule has 0 aliphatic rings. The van der Waals surface area contributed by atoms with E-state index in [4.69, 9.17) is 9.72 Å². The second kappa shape index (κ2) is 10.0. The molecule has 0 aliphatic carbocycles. The molecule has 5 aromatic rings. The predicted molar refractivity (Wildman–Crippen MR) is 142 cm³/mol. The standard InChI is InChI=1S/C27H23N3O3S2/c1-3-33-22-9-5-4-7-19(22)15-30-26(32)24-23(20-8-6-14-28-25(20)35-24)29-27(30)34-16-21(31)18-12-10-17(2)11-13-18/h4-14H,3,15-16H2,1-2H3. The van der Waals surface area contributed by atoms with Crippen molar-refractivity contribution >= 4 is 49.3 Å². The van der Waals surface area contributed by atoms with Gasteiger partial charge in [0.25, 0.3) is 5.56 Å². The number of aryl methyl sites for hydroxylation is 1. The maximum Gasteiger partial charge on any atom is 0.272 e. The van der Waals surface area contributed by atoms with E-state index >= 15 is 0 Å². The Morgan fingerprint density at radius 3 is 2.69 bits per heavy atom. The Balaban J connectivity index is 1.58. The van der Waals surface area contributed by atoms with E-state index in [0.717, 1.165) is 27.1 Å². The van der Waals surface area contributed by atoms with E-state index in [-0.39, 0.29) is 17.1 Å². The van der Waals surface area contributed by atoms with Crippen LogP contribution in [0.3, 0.4) is 0 Å². The van der Waals surface area contributed by atoms with Crippen LogP contribution in [0.1, 0.15) is 28.4 Å². The molecule has 0 radical (unpaired) electrons. The summed E-state index contributed by atoms with van der Waals surface area (Å²) in [5.41, 5.74) is 3.10. The van der Waals surface area contributed by atoms with Crippen LogP contribution in [-0.4, -0.2) is 32.7 Å². The molecule has 6 nitrogen and oxygen atoms in total. The Labute approximate surface area is 210 Å². The van der Waals surface area contributed by atoms with Crippen LogP contribution in [0.25, 0.3) is 20.4 Å². The number of benzene rings is 2. The molecule has 35 heavy (non-hydrogen) atoms. The lowest BCUT2D eigenvalue weighted by Crippen LogP contribution is -2.24. The van der Waals surface area contributed by atoms with Gasteiger partial charge in [-0.1, -0.05) is 59.8 Å². The highest BCUT2D eigenvalue weighted by molar-refractivity contribution is 7.99. The number of ether oxygens (including phenoxy) is 1. The highest BCUT2D eigenvalue weighted by Crippen LogP contribution is 2.31. The molecule has 3 heterocycles. The summed E-state index contributed by atoms with van der Waals surface area (Å²) < 4.78 is 7.98. The average Bonchev–Trinajstić information content (AvgIpc) is 3.25. The van der Waals surface area contributed by atoms with Gasteiger partial charge in [-0.2, -0.15) is 0 Å². The number of thiophene rings is 1. The lowest BCUT2D eigenvalue weighted by molar-refractivity contribution is 0.102. The number of hydrogen-bond donors (Lipinski definition) is 0. The number of Topliss-reactive ketones (excluding diaryl/α,β-unsaturated/α-hetero) is 1. The Hall–Kier alpha value is -3.49. The van der Waals surface area contributed by atoms with Crippen LogP contribution in [0.15, 0.2) is 76.8 Å². The molecule has 0 atom stereocenters. The Morgan fingerprint density at radius 1 is 1.09 bits per heavy atom. The number of carbonyl (C=O) groups excluding carboxylic acids is 1. The number of ketones is 1. The first-order chi connectivity index (χ1) is 17.0. The first-order valence-corrected chi connectivity index (χ1v) is 13.1. The van der Waals surface area contributed by atoms with Crippen LogP contribution < -0.4 is 10.3 Å². The Bertz CT molecular complexity index is 1590. The second-order valence-corrected chi connectivity index (χ2v) is 9.98. The fraction of sp³-hybridized carbons (Fsp3) is 0.185. The fourth-order valence-electron chi connectivity index (χ4n) is 3.84. The van der Waals surface area contributed by atoms with Gasteiger partial charge in [-0.3, -0.25) is 14.2 Å². The van der Waals surface area contributed by atoms with E-state index in [1.807, 2.05) is 74.5 Å². The minimum absolute atomic E-state index is 0.0116. The van der Waals surface area contributed by atoms with E-state index in [0.29, 0.717) is 34.1 Å². The number of rotatable bonds is 8. The first-order valence-electron chi connectivity index (χ1n) is 11.3. The molecule has 8 heteroatoms. The van der Waals surface area contributed by atoms with Crippen molar-refractivity contribution in [1.29, 1.82) is 0 Å². The minimum atomic E-state index is -0.144. The summed E-state index contributed by atoms with van der Waals surface area (Å²) in [5.74, 6) is 0.892. The normalized spacial score (nSPS) is 11.3. The summed E-state index contributed by atoms with van der Waals surface area (Å²) in [6.07, 6.45) is 1.71. The van der Waals surface area contributed by atoms with Gasteiger partial charge >= 0.3 is 0 Å². The number of thioether (sulfide) groups is 1. The number of aromatic nitrogens is 3. The maximum atomic E-state index is 13.7. The van der Waals surface area contributed by atoms with E-state index in [1.54, 1.807) is 10.8 Å². The number of nitrogens with zero attached hydrogens (tertiary/aromatic N) is 3. The van der Waals surface area contributed by atoms with Crippen LogP contribution in [0.2, 0.25) is 0 Å². The molecular formula is C27H23N3O3S2. The van der Waals surface area contributed by atoms with Crippen LogP contribution in [0.5, 0.6) is 5.75 Å². The van der Waals surface area contributed by atoms with Crippen molar-refractivity contribution in [2.45, 2.75) is 25.5 Å². The van der Waals surface area contributed by atoms with E-state index in [1.165, 1.54) is 23.1 Å². The number of carbonyl (C=O) groups is 1. The Kier molecular flexibility index (Phi) is 6.66. The van der Waals surface area contributed by atoms with Crippen molar-refractivity contribution in [2.75, 3.05) is 12.4 Å². The van der Waals surface area contributed by atoms with Gasteiger partial charge in [0, 0.05) is 22.7 Å². The maximum absolute atomic E-state index is 13.7. The number of hydrogen-bond acceptors (Lipinski definition) is 7. The SMILES string of the molecule is CCOc1ccccc1Cn1c(SCC(=O)c2ccc(C)cc2)nc2c(sc3ncccc32)c1=O.